The number of esters is 1. The molecule has 0 aromatic heterocycles. The third kappa shape index (κ3) is 5.20. The molecule has 0 N–H and O–H groups in total. The molecule has 2 rings (SSSR count). The molecule has 0 bridgehead atoms. The van der Waals surface area contributed by atoms with Crippen LogP contribution >= 0.6 is 0 Å². The largest absolute Gasteiger partial charge is 0.459 e. The van der Waals surface area contributed by atoms with Crippen LogP contribution in [0, 0.1) is 17.8 Å². The average molecular weight is 324 g/mol. The second-order valence-corrected chi connectivity index (χ2v) is 8.38. The molecule has 5 heteroatoms. The highest BCUT2D eigenvalue weighted by Crippen LogP contribution is 2.27. The summed E-state index contributed by atoms with van der Waals surface area (Å²) in [4.78, 5) is 28.3. The Kier molecular flexibility index (Phi) is 5.71. The van der Waals surface area contributed by atoms with Gasteiger partial charge in [0.1, 0.15) is 5.60 Å². The summed E-state index contributed by atoms with van der Waals surface area (Å²) < 4.78 is 5.31. The summed E-state index contributed by atoms with van der Waals surface area (Å²) >= 11 is 0. The molecule has 2 aliphatic rings. The Morgan fingerprint density at radius 1 is 1.13 bits per heavy atom. The molecule has 0 saturated carbocycles. The average Bonchev–Trinajstić information content (AvgIpc) is 2.40. The summed E-state index contributed by atoms with van der Waals surface area (Å²) in [6, 6.07) is 0. The molecular weight excluding hydrogens is 292 g/mol. The van der Waals surface area contributed by atoms with Crippen molar-refractivity contribution < 1.29 is 14.3 Å². The van der Waals surface area contributed by atoms with Crippen LogP contribution in [0.5, 0.6) is 0 Å². The van der Waals surface area contributed by atoms with Crippen LogP contribution in [0.3, 0.4) is 0 Å². The summed E-state index contributed by atoms with van der Waals surface area (Å²) in [5, 5.41) is 0. The molecule has 2 fully saturated rings. The highest BCUT2D eigenvalue weighted by Gasteiger charge is 2.37. The van der Waals surface area contributed by atoms with Crippen LogP contribution in [0.15, 0.2) is 0 Å². The van der Waals surface area contributed by atoms with Gasteiger partial charge in [0.15, 0.2) is 0 Å². The van der Waals surface area contributed by atoms with Gasteiger partial charge in [-0.1, -0.05) is 13.8 Å². The number of hydrogen-bond acceptors (Lipinski definition) is 4. The van der Waals surface area contributed by atoms with E-state index >= 15 is 0 Å². The Hall–Kier alpha value is -1.10. The normalized spacial score (nSPS) is 21.4. The Morgan fingerprint density at radius 2 is 1.70 bits per heavy atom. The number of piperidine rings is 1. The van der Waals surface area contributed by atoms with Crippen molar-refractivity contribution in [3.8, 4) is 0 Å². The van der Waals surface area contributed by atoms with Gasteiger partial charge in [-0.15, -0.1) is 0 Å². The van der Waals surface area contributed by atoms with Crippen LogP contribution in [0.1, 0.15) is 47.5 Å². The van der Waals surface area contributed by atoms with Crippen LogP contribution in [-0.2, 0) is 14.3 Å². The third-order valence-corrected chi connectivity index (χ3v) is 4.87. The number of amides is 1. The number of nitrogens with zero attached hydrogens (tertiary/aromatic N) is 2. The first kappa shape index (κ1) is 18.2. The highest BCUT2D eigenvalue weighted by molar-refractivity contribution is 5.81. The van der Waals surface area contributed by atoms with E-state index < -0.39 is 5.60 Å². The fourth-order valence-corrected chi connectivity index (χ4v) is 3.46. The lowest BCUT2D eigenvalue weighted by Gasteiger charge is -2.42. The lowest BCUT2D eigenvalue weighted by atomic mass is 9.86. The molecule has 0 aromatic carbocycles. The minimum absolute atomic E-state index is 0.0630. The molecule has 2 aliphatic heterocycles. The summed E-state index contributed by atoms with van der Waals surface area (Å²) in [6.45, 7) is 13.6. The van der Waals surface area contributed by atoms with Gasteiger partial charge >= 0.3 is 5.97 Å². The number of ether oxygens (including phenoxy) is 1. The monoisotopic (exact) mass is 324 g/mol. The van der Waals surface area contributed by atoms with E-state index in [1.165, 1.54) is 0 Å². The predicted octanol–water partition coefficient (Wildman–Crippen LogP) is 2.15. The quantitative estimate of drug-likeness (QED) is 0.744. The summed E-state index contributed by atoms with van der Waals surface area (Å²) in [5.41, 5.74) is -0.447. The maximum Gasteiger partial charge on any atom is 0.320 e. The van der Waals surface area contributed by atoms with Gasteiger partial charge in [-0.2, -0.15) is 0 Å². The van der Waals surface area contributed by atoms with Crippen molar-refractivity contribution in [1.82, 2.24) is 9.80 Å². The zero-order valence-corrected chi connectivity index (χ0v) is 15.3. The molecule has 2 heterocycles. The van der Waals surface area contributed by atoms with E-state index in [0.717, 1.165) is 31.8 Å². The second-order valence-electron chi connectivity index (χ2n) is 8.38. The first-order chi connectivity index (χ1) is 10.7. The lowest BCUT2D eigenvalue weighted by molar-refractivity contribution is -0.160. The smallest absolute Gasteiger partial charge is 0.320 e. The van der Waals surface area contributed by atoms with E-state index in [9.17, 15) is 9.59 Å². The first-order valence-electron chi connectivity index (χ1n) is 8.88. The summed E-state index contributed by atoms with van der Waals surface area (Å²) in [5.74, 6) is 1.59. The maximum atomic E-state index is 12.5. The van der Waals surface area contributed by atoms with Crippen LogP contribution in [-0.4, -0.2) is 60.0 Å². The van der Waals surface area contributed by atoms with E-state index in [1.54, 1.807) is 0 Å². The Morgan fingerprint density at radius 3 is 2.17 bits per heavy atom. The van der Waals surface area contributed by atoms with Gasteiger partial charge in [0.05, 0.1) is 12.5 Å². The zero-order valence-electron chi connectivity index (χ0n) is 15.3. The fourth-order valence-electron chi connectivity index (χ4n) is 3.46. The van der Waals surface area contributed by atoms with E-state index in [-0.39, 0.29) is 24.3 Å². The molecule has 0 unspecified atom stereocenters. The SMILES string of the molecule is CC(C)C1CCN(C(=O)C2CN(CC(=O)OC(C)(C)C)C2)CC1. The minimum atomic E-state index is -0.447. The third-order valence-electron chi connectivity index (χ3n) is 4.87. The van der Waals surface area contributed by atoms with E-state index in [0.29, 0.717) is 19.0 Å². The second kappa shape index (κ2) is 7.20. The fraction of sp³-hybridized carbons (Fsp3) is 0.889. The van der Waals surface area contributed by atoms with Crippen LogP contribution in [0.25, 0.3) is 0 Å². The Balaban J connectivity index is 1.69. The minimum Gasteiger partial charge on any atom is -0.459 e. The molecule has 0 atom stereocenters. The van der Waals surface area contributed by atoms with Crippen LogP contribution in [0.2, 0.25) is 0 Å². The molecule has 2 saturated heterocycles. The molecular formula is C18H32N2O3. The number of hydrogen-bond donors (Lipinski definition) is 0. The molecule has 1 amide bonds. The van der Waals surface area contributed by atoms with Gasteiger partial charge in [-0.25, -0.2) is 0 Å². The van der Waals surface area contributed by atoms with Crippen molar-refractivity contribution in [3.05, 3.63) is 0 Å². The maximum absolute atomic E-state index is 12.5. The van der Waals surface area contributed by atoms with Gasteiger partial charge in [0.2, 0.25) is 5.91 Å². The molecule has 23 heavy (non-hydrogen) atoms. The zero-order chi connectivity index (χ0) is 17.2. The molecule has 132 valence electrons. The van der Waals surface area contributed by atoms with Gasteiger partial charge in [0.25, 0.3) is 0 Å². The van der Waals surface area contributed by atoms with Crippen molar-refractivity contribution in [2.24, 2.45) is 17.8 Å². The van der Waals surface area contributed by atoms with Gasteiger partial charge in [0, 0.05) is 26.2 Å². The van der Waals surface area contributed by atoms with Gasteiger partial charge in [-0.3, -0.25) is 14.5 Å². The Bertz CT molecular complexity index is 428. The van der Waals surface area contributed by atoms with Crippen molar-refractivity contribution >= 4 is 11.9 Å². The number of rotatable bonds is 4. The summed E-state index contributed by atoms with van der Waals surface area (Å²) in [7, 11) is 0. The molecule has 0 radical (unpaired) electrons. The van der Waals surface area contributed by atoms with Crippen molar-refractivity contribution in [3.63, 3.8) is 0 Å². The van der Waals surface area contributed by atoms with Crippen LogP contribution in [0.4, 0.5) is 0 Å². The standard InChI is InChI=1S/C18H32N2O3/c1-13(2)14-6-8-20(9-7-14)17(22)15-10-19(11-15)12-16(21)23-18(3,4)5/h13-15H,6-12H2,1-5H3. The number of carbonyl (C=O) groups is 2. The lowest BCUT2D eigenvalue weighted by Crippen LogP contribution is -2.57. The van der Waals surface area contributed by atoms with Crippen molar-refractivity contribution in [2.45, 2.75) is 53.1 Å². The molecule has 5 nitrogen and oxygen atoms in total. The predicted molar refractivity (Wildman–Crippen MR) is 89.9 cm³/mol. The molecule has 0 aliphatic carbocycles. The van der Waals surface area contributed by atoms with Gasteiger partial charge < -0.3 is 9.64 Å². The van der Waals surface area contributed by atoms with Gasteiger partial charge in [-0.05, 0) is 45.4 Å². The molecule has 0 aromatic rings. The van der Waals surface area contributed by atoms with Crippen LogP contribution < -0.4 is 0 Å². The number of carbonyl (C=O) groups excluding carboxylic acids is 2. The highest BCUT2D eigenvalue weighted by atomic mass is 16.6. The van der Waals surface area contributed by atoms with E-state index in [2.05, 4.69) is 13.8 Å². The van der Waals surface area contributed by atoms with Crippen molar-refractivity contribution in [1.29, 1.82) is 0 Å². The summed E-state index contributed by atoms with van der Waals surface area (Å²) in [6.07, 6.45) is 2.25. The van der Waals surface area contributed by atoms with Crippen molar-refractivity contribution in [2.75, 3.05) is 32.7 Å². The number of likely N-dealkylation sites (tertiary alicyclic amines) is 2. The van der Waals surface area contributed by atoms with E-state index in [1.807, 2.05) is 30.6 Å². The molecule has 0 spiro atoms. The Labute approximate surface area is 140 Å². The first-order valence-corrected chi connectivity index (χ1v) is 8.88. The van der Waals surface area contributed by atoms with E-state index in [4.69, 9.17) is 4.74 Å². The topological polar surface area (TPSA) is 49.9 Å².